The van der Waals surface area contributed by atoms with Crippen LogP contribution >= 0.6 is 0 Å². The molecule has 4 heteroatoms. The summed E-state index contributed by atoms with van der Waals surface area (Å²) in [4.78, 5) is 23.3. The van der Waals surface area contributed by atoms with Crippen molar-refractivity contribution in [3.63, 3.8) is 0 Å². The van der Waals surface area contributed by atoms with Crippen LogP contribution in [0.4, 0.5) is 0 Å². The summed E-state index contributed by atoms with van der Waals surface area (Å²) in [5, 5.41) is 0. The second-order valence-corrected chi connectivity index (χ2v) is 5.69. The first-order valence-electron chi connectivity index (χ1n) is 6.36. The van der Waals surface area contributed by atoms with Crippen LogP contribution in [0.2, 0.25) is 0 Å². The smallest absolute Gasteiger partial charge is 0.311 e. The van der Waals surface area contributed by atoms with E-state index < -0.39 is 0 Å². The van der Waals surface area contributed by atoms with Crippen molar-refractivity contribution in [1.29, 1.82) is 0 Å². The fraction of sp³-hybridized carbons (Fsp3) is 0.846. The molecule has 4 nitrogen and oxygen atoms in total. The number of fused-ring (bicyclic) bond motifs is 3. The van der Waals surface area contributed by atoms with Crippen LogP contribution in [-0.4, -0.2) is 25.4 Å². The highest BCUT2D eigenvalue weighted by molar-refractivity contribution is 5.81. The summed E-state index contributed by atoms with van der Waals surface area (Å²) in [5.41, 5.74) is 5.27. The molecule has 2 bridgehead atoms. The summed E-state index contributed by atoms with van der Waals surface area (Å²) in [6.07, 6.45) is 6.11. The van der Waals surface area contributed by atoms with E-state index in [2.05, 4.69) is 0 Å². The van der Waals surface area contributed by atoms with E-state index in [9.17, 15) is 9.59 Å². The highest BCUT2D eigenvalue weighted by Crippen LogP contribution is 2.58. The predicted octanol–water partition coefficient (Wildman–Crippen LogP) is 1.42. The number of methoxy groups -OCH3 is 1. The SMILES string of the molecule is COC(=O)C12CCC(CC(=O)CN)(CC1)CC2. The first-order valence-corrected chi connectivity index (χ1v) is 6.36. The average Bonchev–Trinajstić information content (AvgIpc) is 2.39. The first kappa shape index (κ1) is 12.6. The highest BCUT2D eigenvalue weighted by Gasteiger charge is 2.53. The van der Waals surface area contributed by atoms with Gasteiger partial charge in [-0.3, -0.25) is 9.59 Å². The fourth-order valence-corrected chi connectivity index (χ4v) is 3.54. The Balaban J connectivity index is 2.04. The third-order valence-electron chi connectivity index (χ3n) is 4.82. The lowest BCUT2D eigenvalue weighted by atomic mass is 9.52. The molecule has 3 fully saturated rings. The summed E-state index contributed by atoms with van der Waals surface area (Å²) < 4.78 is 4.92. The first-order chi connectivity index (χ1) is 8.06. The van der Waals surface area contributed by atoms with Gasteiger partial charge in [0.25, 0.3) is 0 Å². The van der Waals surface area contributed by atoms with Gasteiger partial charge in [-0.05, 0) is 43.9 Å². The van der Waals surface area contributed by atoms with Crippen LogP contribution in [0.15, 0.2) is 0 Å². The van der Waals surface area contributed by atoms with Crippen LogP contribution in [0.3, 0.4) is 0 Å². The predicted molar refractivity (Wildman–Crippen MR) is 63.3 cm³/mol. The van der Waals surface area contributed by atoms with Gasteiger partial charge >= 0.3 is 5.97 Å². The minimum absolute atomic E-state index is 0.0593. The number of esters is 1. The molecule has 17 heavy (non-hydrogen) atoms. The monoisotopic (exact) mass is 239 g/mol. The summed E-state index contributed by atoms with van der Waals surface area (Å²) in [5.74, 6) is 0.0911. The molecule has 0 aromatic carbocycles. The Labute approximate surface area is 102 Å². The Bertz CT molecular complexity index is 313. The Morgan fingerprint density at radius 3 is 2.06 bits per heavy atom. The van der Waals surface area contributed by atoms with Gasteiger partial charge in [0.1, 0.15) is 5.78 Å². The summed E-state index contributed by atoms with van der Waals surface area (Å²) in [7, 11) is 1.46. The molecule has 3 rings (SSSR count). The number of ketones is 1. The van der Waals surface area contributed by atoms with Crippen molar-refractivity contribution in [2.24, 2.45) is 16.6 Å². The average molecular weight is 239 g/mol. The third-order valence-corrected chi connectivity index (χ3v) is 4.82. The molecule has 0 aromatic rings. The van der Waals surface area contributed by atoms with Crippen LogP contribution in [0.25, 0.3) is 0 Å². The van der Waals surface area contributed by atoms with E-state index in [0.29, 0.717) is 6.42 Å². The zero-order valence-electron chi connectivity index (χ0n) is 10.5. The lowest BCUT2D eigenvalue weighted by Gasteiger charge is -2.51. The van der Waals surface area contributed by atoms with Gasteiger partial charge in [-0.25, -0.2) is 0 Å². The van der Waals surface area contributed by atoms with Crippen LogP contribution in [-0.2, 0) is 14.3 Å². The quantitative estimate of drug-likeness (QED) is 0.753. The van der Waals surface area contributed by atoms with Crippen molar-refractivity contribution in [3.8, 4) is 0 Å². The molecule has 0 spiro atoms. The minimum Gasteiger partial charge on any atom is -0.469 e. The van der Waals surface area contributed by atoms with E-state index in [4.69, 9.17) is 10.5 Å². The normalized spacial score (nSPS) is 35.6. The van der Waals surface area contributed by atoms with Crippen molar-refractivity contribution >= 4 is 11.8 Å². The van der Waals surface area contributed by atoms with Crippen LogP contribution in [0.1, 0.15) is 44.9 Å². The molecule has 3 aliphatic carbocycles. The number of carbonyl (C=O) groups is 2. The molecule has 2 N–H and O–H groups in total. The van der Waals surface area contributed by atoms with Crippen molar-refractivity contribution in [1.82, 2.24) is 0 Å². The van der Waals surface area contributed by atoms with Gasteiger partial charge in [-0.2, -0.15) is 0 Å². The molecule has 0 radical (unpaired) electrons. The molecule has 0 aliphatic heterocycles. The van der Waals surface area contributed by atoms with Crippen LogP contribution in [0.5, 0.6) is 0 Å². The number of hydrogen-bond acceptors (Lipinski definition) is 4. The second kappa shape index (κ2) is 4.41. The Kier molecular flexibility index (Phi) is 3.25. The van der Waals surface area contributed by atoms with E-state index in [0.717, 1.165) is 38.5 Å². The highest BCUT2D eigenvalue weighted by atomic mass is 16.5. The number of hydrogen-bond donors (Lipinski definition) is 1. The number of Topliss-reactive ketones (excluding diaryl/α,β-unsaturated/α-hetero) is 1. The van der Waals surface area contributed by atoms with Crippen LogP contribution < -0.4 is 5.73 Å². The number of carbonyl (C=O) groups excluding carboxylic acids is 2. The summed E-state index contributed by atoms with van der Waals surface area (Å²) in [6, 6.07) is 0. The topological polar surface area (TPSA) is 69.4 Å². The van der Waals surface area contributed by atoms with Crippen molar-refractivity contribution < 1.29 is 14.3 Å². The largest absolute Gasteiger partial charge is 0.469 e. The van der Waals surface area contributed by atoms with Gasteiger partial charge < -0.3 is 10.5 Å². The van der Waals surface area contributed by atoms with E-state index in [1.54, 1.807) is 0 Å². The molecular weight excluding hydrogens is 218 g/mol. The lowest BCUT2D eigenvalue weighted by Crippen LogP contribution is -2.47. The molecule has 0 atom stereocenters. The lowest BCUT2D eigenvalue weighted by molar-refractivity contribution is -0.163. The van der Waals surface area contributed by atoms with Gasteiger partial charge in [-0.1, -0.05) is 0 Å². The van der Waals surface area contributed by atoms with Gasteiger partial charge in [0.15, 0.2) is 0 Å². The van der Waals surface area contributed by atoms with E-state index in [-0.39, 0.29) is 29.1 Å². The minimum atomic E-state index is -0.248. The number of rotatable bonds is 4. The summed E-state index contributed by atoms with van der Waals surface area (Å²) >= 11 is 0. The fourth-order valence-electron chi connectivity index (χ4n) is 3.54. The standard InChI is InChI=1S/C13H21NO3/c1-17-11(16)13-5-2-12(3-6-13,4-7-13)8-10(15)9-14/h2-9,14H2,1H3. The Morgan fingerprint density at radius 2 is 1.65 bits per heavy atom. The maximum atomic E-state index is 11.8. The molecule has 0 amide bonds. The second-order valence-electron chi connectivity index (χ2n) is 5.69. The maximum absolute atomic E-state index is 11.8. The molecule has 3 saturated carbocycles. The number of nitrogens with two attached hydrogens (primary N) is 1. The van der Waals surface area contributed by atoms with E-state index in [1.807, 2.05) is 0 Å². The van der Waals surface area contributed by atoms with Crippen LogP contribution in [0, 0.1) is 10.8 Å². The van der Waals surface area contributed by atoms with E-state index in [1.165, 1.54) is 7.11 Å². The Morgan fingerprint density at radius 1 is 1.12 bits per heavy atom. The van der Waals surface area contributed by atoms with Gasteiger partial charge in [0.2, 0.25) is 0 Å². The van der Waals surface area contributed by atoms with Crippen molar-refractivity contribution in [2.75, 3.05) is 13.7 Å². The molecule has 0 heterocycles. The molecule has 96 valence electrons. The zero-order valence-corrected chi connectivity index (χ0v) is 10.5. The van der Waals surface area contributed by atoms with Gasteiger partial charge in [0, 0.05) is 6.42 Å². The summed E-state index contributed by atoms with van der Waals surface area (Å²) in [6.45, 7) is 0.143. The molecule has 0 saturated heterocycles. The van der Waals surface area contributed by atoms with Crippen molar-refractivity contribution in [3.05, 3.63) is 0 Å². The van der Waals surface area contributed by atoms with Gasteiger partial charge in [-0.15, -0.1) is 0 Å². The number of ether oxygens (including phenoxy) is 1. The maximum Gasteiger partial charge on any atom is 0.311 e. The molecule has 0 aromatic heterocycles. The zero-order chi connectivity index (χ0) is 12.5. The molecular formula is C13H21NO3. The van der Waals surface area contributed by atoms with Crippen molar-refractivity contribution in [2.45, 2.75) is 44.9 Å². The van der Waals surface area contributed by atoms with E-state index >= 15 is 0 Å². The third kappa shape index (κ3) is 2.10. The molecule has 3 aliphatic rings. The molecule has 0 unspecified atom stereocenters. The van der Waals surface area contributed by atoms with Gasteiger partial charge in [0.05, 0.1) is 19.1 Å². The Hall–Kier alpha value is -0.900.